The zero-order valence-electron chi connectivity index (χ0n) is 82.2. The lowest BCUT2D eigenvalue weighted by Gasteiger charge is -2.36. The van der Waals surface area contributed by atoms with Crippen LogP contribution in [0.4, 0.5) is 27.5 Å². The maximum Gasteiger partial charge on any atom is 0.410 e. The van der Waals surface area contributed by atoms with Crippen LogP contribution in [-0.4, -0.2) is 234 Å². The SMILES string of the molecule is CC(C)(C)OC(=O)N1CCN(C(=O)CN(CC(=O)NCc2cccc(Cl)c2)c2ccccc2Oc2ccccc2)CC1.CN1CCN(C(=O)CN(CC(=O)NCc2cccc(Cl)c2)c2ccccc2Oc2ccccc2)CC1.NCCNC(=O)CN(CC(=O)NCc1cccc(Cl)c1)c1ccccc1Oc1ccccc1.O=C(CN(CC(=O)N1CCNCC1)c1ccccc1Oc1ccccc1)NCc1cccc(Cl)c1. The van der Waals surface area contributed by atoms with Gasteiger partial charge in [-0.1, -0.05) is 216 Å². The van der Waals surface area contributed by atoms with Crippen molar-refractivity contribution in [3.63, 3.8) is 0 Å². The fourth-order valence-electron chi connectivity index (χ4n) is 15.6. The van der Waals surface area contributed by atoms with Crippen molar-refractivity contribution < 1.29 is 66.8 Å². The second-order valence-corrected chi connectivity index (χ2v) is 37.1. The molecule has 3 aliphatic rings. The molecule has 0 bridgehead atoms. The Bertz CT molecular complexity index is 6220. The molecule has 0 aromatic heterocycles. The largest absolute Gasteiger partial charge is 0.455 e. The molecule has 15 rings (SSSR count). The van der Waals surface area contributed by atoms with Crippen molar-refractivity contribution >= 4 is 123 Å². The molecule has 3 saturated heterocycles. The molecule has 34 heteroatoms. The summed E-state index contributed by atoms with van der Waals surface area (Å²) in [6.07, 6.45) is -0.389. The lowest BCUT2D eigenvalue weighted by atomic mass is 10.2. The highest BCUT2D eigenvalue weighted by Crippen LogP contribution is 2.38. The number of ether oxygens (including phenoxy) is 5. The first kappa shape index (κ1) is 110. The Hall–Kier alpha value is -14.9. The molecule has 9 amide bonds. The third-order valence-corrected chi connectivity index (χ3v) is 23.9. The average Bonchev–Trinajstić information content (AvgIpc) is 0.830. The average molecular weight is 2060 g/mol. The predicted octanol–water partition coefficient (Wildman–Crippen LogP) is 16.4. The molecule has 30 nitrogen and oxygen atoms in total. The molecular weight excluding hydrogens is 1940 g/mol. The second-order valence-electron chi connectivity index (χ2n) is 35.4. The summed E-state index contributed by atoms with van der Waals surface area (Å²) >= 11 is 24.2. The highest BCUT2D eigenvalue weighted by molar-refractivity contribution is 6.31. The lowest BCUT2D eigenvalue weighted by molar-refractivity contribution is -0.132. The molecule has 0 aliphatic carbocycles. The van der Waals surface area contributed by atoms with Gasteiger partial charge in [-0.25, -0.2) is 4.79 Å². The van der Waals surface area contributed by atoms with Crippen molar-refractivity contribution in [1.82, 2.24) is 56.4 Å². The van der Waals surface area contributed by atoms with Crippen molar-refractivity contribution in [2.24, 2.45) is 5.73 Å². The van der Waals surface area contributed by atoms with Crippen LogP contribution in [0.15, 0.2) is 315 Å². The first-order valence-corrected chi connectivity index (χ1v) is 49.7. The quantitative estimate of drug-likeness (QED) is 0.0189. The molecule has 0 spiro atoms. The monoisotopic (exact) mass is 2060 g/mol. The Morgan fingerprint density at radius 2 is 0.555 bits per heavy atom. The number of nitrogens with one attached hydrogen (secondary N) is 6. The van der Waals surface area contributed by atoms with E-state index < -0.39 is 5.60 Å². The van der Waals surface area contributed by atoms with Gasteiger partial charge in [0.15, 0.2) is 23.0 Å². The zero-order valence-corrected chi connectivity index (χ0v) is 85.3. The van der Waals surface area contributed by atoms with Gasteiger partial charge < -0.3 is 105 Å². The van der Waals surface area contributed by atoms with Gasteiger partial charge in [-0.2, -0.15) is 0 Å². The van der Waals surface area contributed by atoms with Gasteiger partial charge >= 0.3 is 6.09 Å². The van der Waals surface area contributed by atoms with Crippen LogP contribution in [0.2, 0.25) is 20.1 Å². The number of anilines is 4. The van der Waals surface area contributed by atoms with Crippen molar-refractivity contribution in [2.75, 3.05) is 171 Å². The highest BCUT2D eigenvalue weighted by Gasteiger charge is 2.32. The topological polar surface area (TPSA) is 327 Å². The summed E-state index contributed by atoms with van der Waals surface area (Å²) in [6, 6.07) is 96.4. The van der Waals surface area contributed by atoms with Gasteiger partial charge in [-0.15, -0.1) is 0 Å². The second kappa shape index (κ2) is 57.6. The first-order chi connectivity index (χ1) is 70.7. The van der Waals surface area contributed by atoms with Crippen LogP contribution < -0.4 is 76.2 Å². The number of hydrogen-bond acceptors (Lipinski definition) is 21. The molecule has 0 unspecified atom stereocenters. The van der Waals surface area contributed by atoms with E-state index >= 15 is 0 Å². The van der Waals surface area contributed by atoms with Gasteiger partial charge in [-0.3, -0.25) is 38.4 Å². The van der Waals surface area contributed by atoms with Crippen molar-refractivity contribution in [3.05, 3.63) is 358 Å². The van der Waals surface area contributed by atoms with Crippen LogP contribution in [0.1, 0.15) is 43.0 Å². The van der Waals surface area contributed by atoms with Crippen LogP contribution in [0, 0.1) is 0 Å². The summed E-state index contributed by atoms with van der Waals surface area (Å²) < 4.78 is 29.9. The fourth-order valence-corrected chi connectivity index (χ4v) is 16.4. The van der Waals surface area contributed by atoms with Crippen LogP contribution >= 0.6 is 46.4 Å². The Kier molecular flexibility index (Phi) is 43.3. The summed E-state index contributed by atoms with van der Waals surface area (Å²) in [5.74, 6) is 3.55. The van der Waals surface area contributed by atoms with Gasteiger partial charge in [0.25, 0.3) is 0 Å². The van der Waals surface area contributed by atoms with Crippen LogP contribution in [0.5, 0.6) is 46.0 Å². The minimum atomic E-state index is -0.590. The number of nitrogens with zero attached hydrogens (tertiary/aromatic N) is 9. The Balaban J connectivity index is 0.000000174. The number of nitrogens with two attached hydrogens (primary N) is 1. The van der Waals surface area contributed by atoms with E-state index in [9.17, 15) is 43.2 Å². The summed E-state index contributed by atoms with van der Waals surface area (Å²) in [7, 11) is 2.05. The molecule has 3 heterocycles. The minimum Gasteiger partial charge on any atom is -0.455 e. The fraction of sp³-hybridized carbons (Fsp3) is 0.277. The van der Waals surface area contributed by atoms with Gasteiger partial charge in [0.2, 0.25) is 47.3 Å². The normalized spacial score (nSPS) is 12.7. The standard InChI is InChI=1S/C32H37ClN4O5.C28H31ClN4O3.C27H29ClN4O3.C25H27ClN4O3/c1-32(2,3)42-31(40)36-18-16-35(17-19-36)30(39)23-37(22-29(38)34-21-24-10-9-11-25(33)20-24)27-14-7-8-15-28(27)41-26-12-5-4-6-13-26;1-31-14-16-32(17-15-31)28(35)21-33(20-27(34)30-19-22-8-7-9-23(29)18-22)25-12-5-6-13-26(25)36-24-10-3-2-4-11-24;28-22-8-6-7-21(17-22)18-30-26(33)19-32(20-27(34)31-15-13-29-14-16-31)24-11-4-5-12-25(24)35-23-9-2-1-3-10-23;26-20-8-6-7-19(15-20)16-29-25(32)18-30(17-24(31)28-14-13-27)22-11-4-5-12-23(22)33-21-9-2-1-3-10-21/h4-15,20H,16-19,21-23H2,1-3H3,(H,34,38);2-13,18H,14-17,19-21H2,1H3,(H,30,34);1-12,17,29H,13-16,18-20H2,(H,30,33);1-12,15H,13-14,16-18,27H2,(H,28,31)(H,29,32). The molecule has 0 saturated carbocycles. The molecule has 0 atom stereocenters. The number of carbonyl (C=O) groups excluding carboxylic acids is 9. The summed E-state index contributed by atoms with van der Waals surface area (Å²) in [5, 5.41) is 20.1. The van der Waals surface area contributed by atoms with Crippen LogP contribution in [-0.2, 0) is 69.3 Å². The van der Waals surface area contributed by atoms with E-state index in [1.807, 2.05) is 304 Å². The molecule has 764 valence electrons. The number of hydrogen-bond donors (Lipinski definition) is 7. The molecule has 3 aliphatic heterocycles. The number of amides is 9. The summed E-state index contributed by atoms with van der Waals surface area (Å²) in [4.78, 5) is 133. The number of piperazine rings is 3. The highest BCUT2D eigenvalue weighted by atomic mass is 35.5. The molecular formula is C112H124Cl4N16O14. The molecule has 8 N–H and O–H groups in total. The molecule has 3 fully saturated rings. The van der Waals surface area contributed by atoms with Crippen LogP contribution in [0.25, 0.3) is 0 Å². The van der Waals surface area contributed by atoms with E-state index in [2.05, 4.69) is 43.8 Å². The maximum absolute atomic E-state index is 13.5. The van der Waals surface area contributed by atoms with E-state index in [1.165, 1.54) is 0 Å². The van der Waals surface area contributed by atoms with E-state index in [4.69, 9.17) is 75.8 Å². The van der Waals surface area contributed by atoms with Gasteiger partial charge in [-0.05, 0) is 196 Å². The van der Waals surface area contributed by atoms with Gasteiger partial charge in [0, 0.05) is 138 Å². The Labute approximate surface area is 872 Å². The van der Waals surface area contributed by atoms with Crippen molar-refractivity contribution in [1.29, 1.82) is 0 Å². The van der Waals surface area contributed by atoms with Gasteiger partial charge in [0.05, 0.1) is 75.1 Å². The minimum absolute atomic E-state index is 0.00750. The number of rotatable bonds is 38. The molecule has 12 aromatic rings. The number of benzene rings is 12. The Morgan fingerprint density at radius 1 is 0.308 bits per heavy atom. The summed E-state index contributed by atoms with van der Waals surface area (Å²) in [6.45, 7) is 14.8. The van der Waals surface area contributed by atoms with Crippen molar-refractivity contribution in [3.8, 4) is 46.0 Å². The number of likely N-dealkylation sites (N-methyl/N-ethyl adjacent to an activating group) is 1. The number of para-hydroxylation sites is 12. The van der Waals surface area contributed by atoms with Crippen LogP contribution in [0.3, 0.4) is 0 Å². The van der Waals surface area contributed by atoms with E-state index in [-0.39, 0.29) is 106 Å². The van der Waals surface area contributed by atoms with E-state index in [0.717, 1.165) is 48.4 Å². The smallest absolute Gasteiger partial charge is 0.410 e. The Morgan fingerprint density at radius 3 is 0.829 bits per heavy atom. The first-order valence-electron chi connectivity index (χ1n) is 48.2. The maximum atomic E-state index is 13.5. The molecule has 0 radical (unpaired) electrons. The lowest BCUT2D eigenvalue weighted by Crippen LogP contribution is -2.54. The van der Waals surface area contributed by atoms with Crippen molar-refractivity contribution in [2.45, 2.75) is 52.6 Å². The molecule has 146 heavy (non-hydrogen) atoms. The molecule has 12 aromatic carbocycles. The predicted molar refractivity (Wildman–Crippen MR) is 574 cm³/mol. The number of carbonyl (C=O) groups is 9. The number of halogens is 4. The zero-order chi connectivity index (χ0) is 103. The van der Waals surface area contributed by atoms with E-state index in [1.54, 1.807) is 71.9 Å². The third kappa shape index (κ3) is 37.4. The van der Waals surface area contributed by atoms with Gasteiger partial charge in [0.1, 0.15) is 28.6 Å². The third-order valence-electron chi connectivity index (χ3n) is 22.9. The van der Waals surface area contributed by atoms with E-state index in [0.29, 0.717) is 180 Å². The summed E-state index contributed by atoms with van der Waals surface area (Å²) in [5.41, 5.74) is 11.1.